The monoisotopic (exact) mass is 789 g/mol. The van der Waals surface area contributed by atoms with Crippen molar-refractivity contribution in [3.63, 3.8) is 0 Å². The molecule has 3 heteroatoms. The number of hydrogen-bond acceptors (Lipinski definition) is 1. The number of pyridine rings is 1. The van der Waals surface area contributed by atoms with E-state index < -0.39 is 0 Å². The molecule has 0 radical (unpaired) electrons. The predicted octanol–water partition coefficient (Wildman–Crippen LogP) is 15.6. The van der Waals surface area contributed by atoms with E-state index in [-0.39, 0.29) is 0 Å². The summed E-state index contributed by atoms with van der Waals surface area (Å²) in [5, 5.41) is 4.90. The predicted molar refractivity (Wildman–Crippen MR) is 260 cm³/mol. The summed E-state index contributed by atoms with van der Waals surface area (Å²) in [7, 11) is 0. The highest BCUT2D eigenvalue weighted by Gasteiger charge is 2.21. The van der Waals surface area contributed by atoms with Crippen molar-refractivity contribution in [3.8, 4) is 67.3 Å². The molecule has 0 amide bonds. The summed E-state index contributed by atoms with van der Waals surface area (Å²) in [6.07, 6.45) is 0. The van der Waals surface area contributed by atoms with Gasteiger partial charge >= 0.3 is 0 Å². The molecule has 0 atom stereocenters. The molecule has 0 aliphatic carbocycles. The van der Waals surface area contributed by atoms with Crippen LogP contribution in [0, 0.1) is 0 Å². The van der Waals surface area contributed by atoms with Gasteiger partial charge in [0.1, 0.15) is 0 Å². The van der Waals surface area contributed by atoms with Crippen LogP contribution in [-0.4, -0.2) is 14.1 Å². The summed E-state index contributed by atoms with van der Waals surface area (Å²) < 4.78 is 4.89. The molecule has 0 aliphatic rings. The van der Waals surface area contributed by atoms with Crippen LogP contribution >= 0.6 is 0 Å². The molecule has 290 valence electrons. The highest BCUT2D eigenvalue weighted by Crippen LogP contribution is 2.43. The second kappa shape index (κ2) is 14.8. The normalized spacial score (nSPS) is 11.5. The van der Waals surface area contributed by atoms with Gasteiger partial charge in [-0.25, -0.2) is 4.98 Å². The third kappa shape index (κ3) is 5.86. The summed E-state index contributed by atoms with van der Waals surface area (Å²) in [5.41, 5.74) is 18.1. The van der Waals surface area contributed by atoms with E-state index in [0.29, 0.717) is 0 Å². The van der Waals surface area contributed by atoms with Crippen molar-refractivity contribution < 1.29 is 0 Å². The van der Waals surface area contributed by atoms with Crippen molar-refractivity contribution >= 4 is 43.6 Å². The fourth-order valence-corrected chi connectivity index (χ4v) is 9.56. The summed E-state index contributed by atoms with van der Waals surface area (Å²) in [5.74, 6) is 0. The van der Waals surface area contributed by atoms with Gasteiger partial charge in [0.2, 0.25) is 0 Å². The summed E-state index contributed by atoms with van der Waals surface area (Å²) in [6, 6.07) is 85.2. The van der Waals surface area contributed by atoms with E-state index in [4.69, 9.17) is 4.98 Å². The lowest BCUT2D eigenvalue weighted by Crippen LogP contribution is -1.99. The van der Waals surface area contributed by atoms with Gasteiger partial charge in [0, 0.05) is 49.5 Å². The molecule has 0 saturated heterocycles. The van der Waals surface area contributed by atoms with Crippen molar-refractivity contribution in [3.05, 3.63) is 237 Å². The van der Waals surface area contributed by atoms with E-state index in [1.165, 1.54) is 49.2 Å². The topological polar surface area (TPSA) is 22.8 Å². The van der Waals surface area contributed by atoms with E-state index in [2.05, 4.69) is 246 Å². The first-order valence-corrected chi connectivity index (χ1v) is 21.2. The van der Waals surface area contributed by atoms with Crippen LogP contribution < -0.4 is 0 Å². The van der Waals surface area contributed by atoms with Gasteiger partial charge in [-0.15, -0.1) is 0 Å². The van der Waals surface area contributed by atoms with Gasteiger partial charge in [-0.2, -0.15) is 0 Å². The number of fused-ring (bicyclic) bond motifs is 6. The number of benzene rings is 9. The van der Waals surface area contributed by atoms with Crippen LogP contribution in [0.5, 0.6) is 0 Å². The quantitative estimate of drug-likeness (QED) is 0.158. The molecule has 12 aromatic rings. The maximum absolute atomic E-state index is 5.34. The zero-order valence-electron chi connectivity index (χ0n) is 33.9. The molecule has 3 heterocycles. The molecule has 9 aromatic carbocycles. The highest BCUT2D eigenvalue weighted by molar-refractivity contribution is 6.15. The highest BCUT2D eigenvalue weighted by atomic mass is 15.0. The standard InChI is InChI=1S/C59H39N3/c1-4-19-40(20-5-1)43-38-53(41-21-6-2-7-22-41)60-54(39-43)46-26-11-10-25-45(46)42-35-36-58-52(37-42)49-29-14-17-34-57(49)62(58)56-33-16-13-28-48(56)51-31-18-30-50-47-27-12-15-32-55(47)61(59(50)51)44-23-8-3-9-24-44/h1-39H. The fraction of sp³-hybridized carbons (Fsp3) is 0. The van der Waals surface area contributed by atoms with E-state index in [1.54, 1.807) is 0 Å². The molecule has 62 heavy (non-hydrogen) atoms. The van der Waals surface area contributed by atoms with Crippen molar-refractivity contribution in [2.45, 2.75) is 0 Å². The zero-order valence-corrected chi connectivity index (χ0v) is 33.9. The van der Waals surface area contributed by atoms with E-state index in [0.717, 1.165) is 61.7 Å². The van der Waals surface area contributed by atoms with Crippen LogP contribution in [0.4, 0.5) is 0 Å². The van der Waals surface area contributed by atoms with Crippen LogP contribution in [0.15, 0.2) is 237 Å². The van der Waals surface area contributed by atoms with Crippen LogP contribution in [0.2, 0.25) is 0 Å². The lowest BCUT2D eigenvalue weighted by molar-refractivity contribution is 1.17. The molecule has 0 aliphatic heterocycles. The van der Waals surface area contributed by atoms with E-state index >= 15 is 0 Å². The molecular weight excluding hydrogens is 751 g/mol. The van der Waals surface area contributed by atoms with Gasteiger partial charge in [-0.3, -0.25) is 0 Å². The lowest BCUT2D eigenvalue weighted by Gasteiger charge is -2.17. The molecule has 0 spiro atoms. The average Bonchev–Trinajstić information content (AvgIpc) is 3.87. The Morgan fingerprint density at radius 1 is 0.274 bits per heavy atom. The average molecular weight is 790 g/mol. The zero-order chi connectivity index (χ0) is 41.0. The van der Waals surface area contributed by atoms with Gasteiger partial charge in [0.25, 0.3) is 0 Å². The Balaban J connectivity index is 1.05. The van der Waals surface area contributed by atoms with Crippen LogP contribution in [0.25, 0.3) is 111 Å². The minimum Gasteiger partial charge on any atom is -0.309 e. The number of aromatic nitrogens is 3. The Hall–Kier alpha value is -8.27. The lowest BCUT2D eigenvalue weighted by atomic mass is 9.94. The third-order valence-electron chi connectivity index (χ3n) is 12.3. The second-order valence-corrected chi connectivity index (χ2v) is 15.9. The molecule has 3 aromatic heterocycles. The molecular formula is C59H39N3. The Bertz CT molecular complexity index is 3560. The maximum Gasteiger partial charge on any atom is 0.0721 e. The third-order valence-corrected chi connectivity index (χ3v) is 12.3. The van der Waals surface area contributed by atoms with Crippen LogP contribution in [0.1, 0.15) is 0 Å². The van der Waals surface area contributed by atoms with Crippen molar-refractivity contribution in [2.75, 3.05) is 0 Å². The SMILES string of the molecule is c1ccc(-c2cc(-c3ccccc3)nc(-c3ccccc3-c3ccc4c(c3)c3ccccc3n4-c3ccccc3-c3cccc4c5ccccc5n(-c5ccccc5)c34)c2)cc1. The minimum atomic E-state index is 0.944. The molecule has 12 rings (SSSR count). The molecule has 0 unspecified atom stereocenters. The van der Waals surface area contributed by atoms with Crippen LogP contribution in [-0.2, 0) is 0 Å². The second-order valence-electron chi connectivity index (χ2n) is 15.9. The van der Waals surface area contributed by atoms with Crippen molar-refractivity contribution in [1.29, 1.82) is 0 Å². The molecule has 0 saturated carbocycles. The Morgan fingerprint density at radius 3 is 1.56 bits per heavy atom. The number of hydrogen-bond donors (Lipinski definition) is 0. The van der Waals surface area contributed by atoms with Gasteiger partial charge < -0.3 is 9.13 Å². The van der Waals surface area contributed by atoms with Gasteiger partial charge in [-0.1, -0.05) is 182 Å². The first-order valence-electron chi connectivity index (χ1n) is 21.2. The Kier molecular flexibility index (Phi) is 8.50. The largest absolute Gasteiger partial charge is 0.309 e. The van der Waals surface area contributed by atoms with E-state index in [1.807, 2.05) is 0 Å². The van der Waals surface area contributed by atoms with E-state index in [9.17, 15) is 0 Å². The smallest absolute Gasteiger partial charge is 0.0721 e. The summed E-state index contributed by atoms with van der Waals surface area (Å²) >= 11 is 0. The van der Waals surface area contributed by atoms with Crippen LogP contribution in [0.3, 0.4) is 0 Å². The van der Waals surface area contributed by atoms with Crippen molar-refractivity contribution in [1.82, 2.24) is 14.1 Å². The van der Waals surface area contributed by atoms with Crippen molar-refractivity contribution in [2.24, 2.45) is 0 Å². The Labute approximate surface area is 360 Å². The summed E-state index contributed by atoms with van der Waals surface area (Å²) in [4.78, 5) is 5.34. The first-order chi connectivity index (χ1) is 30.8. The molecule has 0 bridgehead atoms. The summed E-state index contributed by atoms with van der Waals surface area (Å²) in [6.45, 7) is 0. The van der Waals surface area contributed by atoms with Gasteiger partial charge in [0.15, 0.2) is 0 Å². The number of para-hydroxylation sites is 5. The maximum atomic E-state index is 5.34. The number of nitrogens with zero attached hydrogens (tertiary/aromatic N) is 3. The van der Waals surface area contributed by atoms with Gasteiger partial charge in [0.05, 0.1) is 39.1 Å². The number of rotatable bonds is 7. The van der Waals surface area contributed by atoms with Gasteiger partial charge in [-0.05, 0) is 76.9 Å². The molecule has 0 fully saturated rings. The molecule has 3 nitrogen and oxygen atoms in total. The first kappa shape index (κ1) is 35.7. The minimum absolute atomic E-state index is 0.944. The molecule has 0 N–H and O–H groups in total. The fourth-order valence-electron chi connectivity index (χ4n) is 9.56. The Morgan fingerprint density at radius 2 is 0.806 bits per heavy atom.